The Bertz CT molecular complexity index is 1850. The van der Waals surface area contributed by atoms with Crippen LogP contribution in [0.1, 0.15) is 106 Å². The minimum atomic E-state index is -1.98. The highest BCUT2D eigenvalue weighted by Crippen LogP contribution is 2.78. The first-order valence-electron chi connectivity index (χ1n) is 24.4. The molecule has 11 N–H and O–H groups in total. The van der Waals surface area contributed by atoms with Crippen LogP contribution in [0, 0.1) is 56.7 Å². The lowest BCUT2D eigenvalue weighted by Gasteiger charge is -2.71. The molecule has 382 valence electrons. The second-order valence-electron chi connectivity index (χ2n) is 22.8. The second kappa shape index (κ2) is 18.3. The van der Waals surface area contributed by atoms with Crippen LogP contribution in [0.3, 0.4) is 0 Å². The van der Waals surface area contributed by atoms with Crippen molar-refractivity contribution in [2.24, 2.45) is 56.7 Å². The summed E-state index contributed by atoms with van der Waals surface area (Å²) in [6.07, 6.45) is -20.4. The number of esters is 1. The lowest BCUT2D eigenvalue weighted by molar-refractivity contribution is -0.361. The molecule has 0 amide bonds. The van der Waals surface area contributed by atoms with Gasteiger partial charge in [0.25, 0.3) is 0 Å². The average Bonchev–Trinajstić information content (AvgIpc) is 3.69. The van der Waals surface area contributed by atoms with Gasteiger partial charge in [-0.25, -0.2) is 0 Å². The molecule has 0 unspecified atom stereocenters. The number of carbonyl (C=O) groups is 2. The number of hydrogen-bond acceptors (Lipinski definition) is 18. The average molecular weight is 957 g/mol. The van der Waals surface area contributed by atoms with E-state index in [1.54, 1.807) is 0 Å². The van der Waals surface area contributed by atoms with Gasteiger partial charge in [0.2, 0.25) is 6.29 Å². The second-order valence-corrected chi connectivity index (χ2v) is 22.8. The van der Waals surface area contributed by atoms with Gasteiger partial charge >= 0.3 is 11.9 Å². The molecule has 8 rings (SSSR count). The number of aliphatic carboxylic acids is 1. The van der Waals surface area contributed by atoms with Crippen LogP contribution in [0.25, 0.3) is 0 Å². The Morgan fingerprint density at radius 1 is 0.672 bits per heavy atom. The van der Waals surface area contributed by atoms with Gasteiger partial charge in [-0.15, -0.1) is 0 Å². The molecule has 0 aromatic carbocycles. The smallest absolute Gasteiger partial charge is 0.314 e. The number of carboxylic acid groups (broad SMARTS) is 1. The van der Waals surface area contributed by atoms with E-state index < -0.39 is 151 Å². The maximum Gasteiger partial charge on any atom is 0.314 e. The van der Waals surface area contributed by atoms with Crippen molar-refractivity contribution < 1.29 is 94.2 Å². The molecule has 0 spiro atoms. The van der Waals surface area contributed by atoms with Gasteiger partial charge in [0.15, 0.2) is 12.6 Å². The lowest BCUT2D eigenvalue weighted by atomic mass is 9.32. The Balaban J connectivity index is 1.10. The molecule has 0 aromatic rings. The normalized spacial score (nSPS) is 53.9. The van der Waals surface area contributed by atoms with Gasteiger partial charge in [-0.05, 0) is 124 Å². The topological polar surface area (TPSA) is 312 Å². The summed E-state index contributed by atoms with van der Waals surface area (Å²) in [5, 5.41) is 119. The fraction of sp³-hybridized carbons (Fsp3) is 0.917. The van der Waals surface area contributed by atoms with Gasteiger partial charge in [-0.2, -0.15) is 0 Å². The van der Waals surface area contributed by atoms with Crippen molar-refractivity contribution in [2.45, 2.75) is 204 Å². The molecule has 8 aliphatic rings. The predicted molar refractivity (Wildman–Crippen MR) is 231 cm³/mol. The SMILES string of the molecule is C=C(C)[C@@H]1CC[C@@]2(C(=O)O[C@@H]3O[C@@H](CO[C@@H]4O[C@H](CO)[C@@H](O)[C@H](O)[C@H]4O)[C@@H](O)[C@H](O[C@@H]4O[C@@H](C)[C@H](O)[C@@H](O)[C@H]4O)[C@H]3O)CC[C@]3(C(=O)O)[C@H](CC[C@H]4[C@@]5(C)CC[C@H](O)C(C)(C)[C@@H]5CC[C@@]43C)[C@@H]12. The van der Waals surface area contributed by atoms with Crippen molar-refractivity contribution >= 4 is 11.9 Å². The highest BCUT2D eigenvalue weighted by atomic mass is 16.8. The van der Waals surface area contributed by atoms with Crippen molar-refractivity contribution in [1.82, 2.24) is 0 Å². The first-order valence-corrected chi connectivity index (χ1v) is 24.4. The quantitative estimate of drug-likeness (QED) is 0.102. The third-order valence-electron chi connectivity index (χ3n) is 19.5. The van der Waals surface area contributed by atoms with E-state index in [9.17, 15) is 61.0 Å². The number of ether oxygens (including phenoxy) is 6. The Kier molecular flexibility index (Phi) is 14.0. The third-order valence-corrected chi connectivity index (χ3v) is 19.5. The molecule has 19 heteroatoms. The van der Waals surface area contributed by atoms with E-state index in [1.807, 2.05) is 6.92 Å². The first kappa shape index (κ1) is 51.4. The van der Waals surface area contributed by atoms with E-state index in [-0.39, 0.29) is 41.4 Å². The molecule has 5 aliphatic carbocycles. The molecule has 0 aromatic heterocycles. The van der Waals surface area contributed by atoms with Crippen molar-refractivity contribution in [2.75, 3.05) is 13.2 Å². The predicted octanol–water partition coefficient (Wildman–Crippen LogP) is 0.0887. The fourth-order valence-electron chi connectivity index (χ4n) is 15.8. The lowest BCUT2D eigenvalue weighted by Crippen LogP contribution is -2.70. The Labute approximate surface area is 391 Å². The summed E-state index contributed by atoms with van der Waals surface area (Å²) in [5.74, 6) is -2.59. The van der Waals surface area contributed by atoms with Crippen molar-refractivity contribution in [3.63, 3.8) is 0 Å². The summed E-state index contributed by atoms with van der Waals surface area (Å²) in [6, 6.07) is 0. The van der Waals surface area contributed by atoms with Crippen LogP contribution in [0.4, 0.5) is 0 Å². The molecule has 8 fully saturated rings. The minimum Gasteiger partial charge on any atom is -0.481 e. The molecule has 3 heterocycles. The van der Waals surface area contributed by atoms with Gasteiger partial charge in [0.1, 0.15) is 67.1 Å². The van der Waals surface area contributed by atoms with E-state index in [0.717, 1.165) is 24.8 Å². The molecule has 5 saturated carbocycles. The van der Waals surface area contributed by atoms with E-state index >= 15 is 4.79 Å². The zero-order valence-corrected chi connectivity index (χ0v) is 39.5. The molecule has 0 radical (unpaired) electrons. The Morgan fingerprint density at radius 3 is 1.99 bits per heavy atom. The number of aliphatic hydroxyl groups excluding tert-OH is 10. The Hall–Kier alpha value is -1.92. The summed E-state index contributed by atoms with van der Waals surface area (Å²) in [6.45, 7) is 15.0. The van der Waals surface area contributed by atoms with Gasteiger partial charge in [0.05, 0.1) is 36.3 Å². The van der Waals surface area contributed by atoms with Crippen molar-refractivity contribution in [1.29, 1.82) is 0 Å². The molecule has 3 aliphatic heterocycles. The highest BCUT2D eigenvalue weighted by molar-refractivity contribution is 5.81. The van der Waals surface area contributed by atoms with E-state index in [0.29, 0.717) is 32.1 Å². The Morgan fingerprint density at radius 2 is 1.33 bits per heavy atom. The van der Waals surface area contributed by atoms with Gasteiger partial charge in [-0.1, -0.05) is 39.8 Å². The highest BCUT2D eigenvalue weighted by Gasteiger charge is 2.76. The number of aliphatic hydroxyl groups is 10. The first-order chi connectivity index (χ1) is 31.3. The van der Waals surface area contributed by atoms with Crippen LogP contribution in [0.15, 0.2) is 12.2 Å². The van der Waals surface area contributed by atoms with Crippen molar-refractivity contribution in [3.05, 3.63) is 12.2 Å². The third kappa shape index (κ3) is 7.79. The maximum absolute atomic E-state index is 15.3. The number of carboxylic acids is 1. The molecule has 3 saturated heterocycles. The summed E-state index contributed by atoms with van der Waals surface area (Å²) in [7, 11) is 0. The fourth-order valence-corrected chi connectivity index (χ4v) is 15.8. The summed E-state index contributed by atoms with van der Waals surface area (Å²) in [5.41, 5.74) is -2.83. The molecular weight excluding hydrogens is 881 g/mol. The van der Waals surface area contributed by atoms with Crippen LogP contribution in [-0.2, 0) is 38.0 Å². The molecule has 67 heavy (non-hydrogen) atoms. The molecule has 25 atom stereocenters. The number of allylic oxidation sites excluding steroid dienone is 1. The van der Waals surface area contributed by atoms with Gasteiger partial charge in [-0.3, -0.25) is 9.59 Å². The van der Waals surface area contributed by atoms with Crippen LogP contribution in [-0.4, -0.2) is 180 Å². The number of carbonyl (C=O) groups excluding carboxylic acids is 1. The largest absolute Gasteiger partial charge is 0.481 e. The monoisotopic (exact) mass is 956 g/mol. The summed E-state index contributed by atoms with van der Waals surface area (Å²) >= 11 is 0. The summed E-state index contributed by atoms with van der Waals surface area (Å²) in [4.78, 5) is 29.6. The standard InChI is InChI=1S/C48H76O19/c1-20(2)22-10-15-47(16-17-48(42(59)60)23(29(22)47)8-9-27-45(6)13-12-28(50)44(4,5)26(45)11-14-46(27,48)7)43(61)67-41-37(58)38(66-40-36(57)33(54)30(51)21(3)63-40)32(53)25(65-41)19-62-39-35(56)34(55)31(52)24(18-49)64-39/h21-41,49-58H,1,8-19H2,2-7H3,(H,59,60)/t21-,22-,23+,24+,25-,26-,27-,28-,29+,30-,31+,32+,33+,34-,35+,36+,37+,38-,39+,40-,41-,45-,46-,47+,48+/m0/s1. The zero-order valence-electron chi connectivity index (χ0n) is 39.5. The van der Waals surface area contributed by atoms with Crippen LogP contribution < -0.4 is 0 Å². The number of hydrogen-bond donors (Lipinski definition) is 11. The van der Waals surface area contributed by atoms with Crippen LogP contribution in [0.2, 0.25) is 0 Å². The van der Waals surface area contributed by atoms with E-state index in [2.05, 4.69) is 34.3 Å². The van der Waals surface area contributed by atoms with Gasteiger partial charge in [0, 0.05) is 0 Å². The maximum atomic E-state index is 15.3. The molecular formula is C48H76O19. The molecule has 0 bridgehead atoms. The van der Waals surface area contributed by atoms with Crippen LogP contribution >= 0.6 is 0 Å². The van der Waals surface area contributed by atoms with E-state index in [1.165, 1.54) is 6.92 Å². The number of fused-ring (bicyclic) bond motifs is 7. The van der Waals surface area contributed by atoms with Crippen molar-refractivity contribution in [3.8, 4) is 0 Å². The minimum absolute atomic E-state index is 0.0531. The van der Waals surface area contributed by atoms with Gasteiger partial charge < -0.3 is 84.6 Å². The van der Waals surface area contributed by atoms with E-state index in [4.69, 9.17) is 28.4 Å². The zero-order chi connectivity index (χ0) is 49.1. The molecule has 19 nitrogen and oxygen atoms in total. The number of rotatable bonds is 10. The summed E-state index contributed by atoms with van der Waals surface area (Å²) < 4.78 is 35.1. The van der Waals surface area contributed by atoms with Crippen LogP contribution in [0.5, 0.6) is 0 Å².